The van der Waals surface area contributed by atoms with E-state index in [9.17, 15) is 19.1 Å². The molecule has 7 nitrogen and oxygen atoms in total. The van der Waals surface area contributed by atoms with Crippen LogP contribution in [0, 0.1) is 5.82 Å². The second kappa shape index (κ2) is 12.1. The highest BCUT2D eigenvalue weighted by atomic mass is 32.2. The minimum absolute atomic E-state index is 0.0242. The molecule has 0 spiro atoms. The van der Waals surface area contributed by atoms with Gasteiger partial charge in [0.05, 0.1) is 23.1 Å². The number of nitrogens with zero attached hydrogens (tertiary/aromatic N) is 3. The number of ketones is 1. The smallest absolute Gasteiger partial charge is 0.296 e. The highest BCUT2D eigenvalue weighted by Gasteiger charge is 2.46. The van der Waals surface area contributed by atoms with Crippen molar-refractivity contribution in [2.24, 2.45) is 0 Å². The zero-order valence-corrected chi connectivity index (χ0v) is 23.3. The molecule has 1 amide bonds. The van der Waals surface area contributed by atoms with Gasteiger partial charge in [0.25, 0.3) is 5.91 Å². The molecule has 4 aromatic rings. The molecule has 5 rings (SSSR count). The quantitative estimate of drug-likeness (QED) is 0.0883. The minimum Gasteiger partial charge on any atom is -0.503 e. The normalized spacial score (nSPS) is 15.3. The first kappa shape index (κ1) is 27.0. The van der Waals surface area contributed by atoms with Gasteiger partial charge in [-0.3, -0.25) is 14.5 Å². The lowest BCUT2D eigenvalue weighted by molar-refractivity contribution is -0.117. The zero-order valence-electron chi connectivity index (χ0n) is 20.9. The first-order valence-corrected chi connectivity index (χ1v) is 14.9. The number of carbonyl (C=O) groups is 2. The highest BCUT2D eigenvalue weighted by Crippen LogP contribution is 2.44. The molecule has 3 heterocycles. The van der Waals surface area contributed by atoms with Crippen molar-refractivity contribution in [1.82, 2.24) is 10.2 Å². The van der Waals surface area contributed by atoms with Gasteiger partial charge in [0.2, 0.25) is 10.9 Å². The van der Waals surface area contributed by atoms with Crippen molar-refractivity contribution >= 4 is 51.3 Å². The summed E-state index contributed by atoms with van der Waals surface area (Å²) in [7, 11) is 0. The number of amides is 1. The maximum atomic E-state index is 14.1. The first-order chi connectivity index (χ1) is 19.0. The van der Waals surface area contributed by atoms with Crippen molar-refractivity contribution in [3.8, 4) is 5.75 Å². The molecule has 200 valence electrons. The van der Waals surface area contributed by atoms with Gasteiger partial charge in [0.1, 0.15) is 11.6 Å². The van der Waals surface area contributed by atoms with Crippen molar-refractivity contribution in [3.05, 3.63) is 99.2 Å². The van der Waals surface area contributed by atoms with Crippen molar-refractivity contribution < 1.29 is 23.8 Å². The Balaban J connectivity index is 1.49. The molecule has 2 aromatic carbocycles. The molecule has 1 unspecified atom stereocenters. The molecule has 1 N–H and O–H groups in total. The van der Waals surface area contributed by atoms with Crippen molar-refractivity contribution in [1.29, 1.82) is 0 Å². The van der Waals surface area contributed by atoms with Crippen molar-refractivity contribution in [3.63, 3.8) is 0 Å². The Morgan fingerprint density at radius 2 is 2.00 bits per heavy atom. The third-order valence-corrected chi connectivity index (χ3v) is 9.02. The maximum absolute atomic E-state index is 14.1. The Morgan fingerprint density at radius 1 is 1.15 bits per heavy atom. The number of aromatic nitrogens is 2. The molecule has 1 aliphatic rings. The summed E-state index contributed by atoms with van der Waals surface area (Å²) in [5.74, 6) is -1.16. The standard InChI is InChI=1S/C28H24FN3O4S3/c1-2-3-13-36-19-10-6-9-17(15-19)23-22(24(33)21-12-7-14-37-21)25(34)26(35)32(23)27-30-31-28(39-27)38-16-18-8-4-5-11-20(18)29/h4-12,14-15,23,34H,2-3,13,16H2,1H3. The van der Waals surface area contributed by atoms with E-state index in [1.807, 2.05) is 6.07 Å². The van der Waals surface area contributed by atoms with Crippen LogP contribution >= 0.6 is 34.4 Å². The van der Waals surface area contributed by atoms with Gasteiger partial charge in [-0.1, -0.05) is 72.8 Å². The molecule has 0 bridgehead atoms. The van der Waals surface area contributed by atoms with Gasteiger partial charge >= 0.3 is 0 Å². The van der Waals surface area contributed by atoms with Gasteiger partial charge in [0, 0.05) is 5.75 Å². The van der Waals surface area contributed by atoms with E-state index in [2.05, 4.69) is 17.1 Å². The minimum atomic E-state index is -0.931. The molecule has 0 fully saturated rings. The number of halogens is 1. The summed E-state index contributed by atoms with van der Waals surface area (Å²) in [6.07, 6.45) is 1.87. The fourth-order valence-electron chi connectivity index (χ4n) is 4.11. The average Bonchev–Trinajstić information content (AvgIpc) is 3.69. The monoisotopic (exact) mass is 581 g/mol. The summed E-state index contributed by atoms with van der Waals surface area (Å²) in [4.78, 5) is 28.7. The van der Waals surface area contributed by atoms with E-state index in [0.29, 0.717) is 38.5 Å². The molecule has 0 saturated heterocycles. The highest BCUT2D eigenvalue weighted by molar-refractivity contribution is 8.00. The molecule has 2 aromatic heterocycles. The molecular weight excluding hydrogens is 558 g/mol. The molecule has 0 saturated carbocycles. The van der Waals surface area contributed by atoms with Crippen LogP contribution in [0.3, 0.4) is 0 Å². The van der Waals surface area contributed by atoms with Crippen LogP contribution in [-0.4, -0.2) is 33.6 Å². The largest absolute Gasteiger partial charge is 0.503 e. The lowest BCUT2D eigenvalue weighted by Crippen LogP contribution is -2.31. The van der Waals surface area contributed by atoms with Crippen LogP contribution in [0.25, 0.3) is 0 Å². The lowest BCUT2D eigenvalue weighted by Gasteiger charge is -2.24. The number of aliphatic hydroxyl groups excluding tert-OH is 1. The predicted molar refractivity (Wildman–Crippen MR) is 151 cm³/mol. The van der Waals surface area contributed by atoms with Gasteiger partial charge in [-0.05, 0) is 47.2 Å². The number of unbranched alkanes of at least 4 members (excludes halogenated alkanes) is 1. The second-order valence-corrected chi connectivity index (χ2v) is 11.8. The van der Waals surface area contributed by atoms with Crippen LogP contribution in [-0.2, 0) is 10.5 Å². The van der Waals surface area contributed by atoms with E-state index in [-0.39, 0.29) is 16.5 Å². The van der Waals surface area contributed by atoms with E-state index < -0.39 is 23.5 Å². The molecule has 0 radical (unpaired) electrons. The predicted octanol–water partition coefficient (Wildman–Crippen LogP) is 6.99. The Morgan fingerprint density at radius 3 is 2.77 bits per heavy atom. The number of carbonyl (C=O) groups excluding carboxylic acids is 2. The molecule has 0 aliphatic carbocycles. The van der Waals surface area contributed by atoms with Gasteiger partial charge in [-0.25, -0.2) is 4.39 Å². The van der Waals surface area contributed by atoms with Crippen LogP contribution in [0.2, 0.25) is 0 Å². The van der Waals surface area contributed by atoms with Gasteiger partial charge in [-0.15, -0.1) is 21.5 Å². The summed E-state index contributed by atoms with van der Waals surface area (Å²) >= 11 is 3.66. The number of hydrogen-bond donors (Lipinski definition) is 1. The Labute approximate surface area is 237 Å². The fraction of sp³-hybridized carbons (Fsp3) is 0.214. The van der Waals surface area contributed by atoms with Crippen LogP contribution in [0.1, 0.15) is 46.6 Å². The SMILES string of the molecule is CCCCOc1cccc(C2C(C(=O)c3cccs3)=C(O)C(=O)N2c2nnc(SCc3ccccc3F)s2)c1. The summed E-state index contributed by atoms with van der Waals surface area (Å²) in [6, 6.07) is 16.1. The van der Waals surface area contributed by atoms with Crippen LogP contribution < -0.4 is 9.64 Å². The van der Waals surface area contributed by atoms with E-state index in [1.54, 1.807) is 53.9 Å². The van der Waals surface area contributed by atoms with Crippen molar-refractivity contribution in [2.75, 3.05) is 11.5 Å². The number of anilines is 1. The number of aliphatic hydroxyl groups is 1. The fourth-order valence-corrected chi connectivity index (χ4v) is 6.64. The summed E-state index contributed by atoms with van der Waals surface area (Å²) < 4.78 is 20.5. The summed E-state index contributed by atoms with van der Waals surface area (Å²) in [5, 5.41) is 21.4. The number of ether oxygens (including phenoxy) is 1. The molecule has 1 aliphatic heterocycles. The van der Waals surface area contributed by atoms with Crippen LogP contribution in [0.15, 0.2) is 81.7 Å². The number of thioether (sulfide) groups is 1. The molecule has 39 heavy (non-hydrogen) atoms. The molecule has 1 atom stereocenters. The van der Waals surface area contributed by atoms with Gasteiger partial charge in [-0.2, -0.15) is 0 Å². The van der Waals surface area contributed by atoms with Gasteiger partial charge in [0.15, 0.2) is 10.1 Å². The summed E-state index contributed by atoms with van der Waals surface area (Å²) in [5.41, 5.74) is 1.10. The maximum Gasteiger partial charge on any atom is 0.296 e. The number of Topliss-reactive ketones (excluding diaryl/α,β-unsaturated/α-hetero) is 1. The topological polar surface area (TPSA) is 92.6 Å². The number of benzene rings is 2. The van der Waals surface area contributed by atoms with E-state index >= 15 is 0 Å². The third kappa shape index (κ3) is 5.75. The van der Waals surface area contributed by atoms with Crippen molar-refractivity contribution in [2.45, 2.75) is 35.9 Å². The van der Waals surface area contributed by atoms with Crippen LogP contribution in [0.5, 0.6) is 5.75 Å². The van der Waals surface area contributed by atoms with E-state index in [0.717, 1.165) is 24.2 Å². The Bertz CT molecular complexity index is 1520. The molecule has 11 heteroatoms. The molecular formula is C28H24FN3O4S3. The lowest BCUT2D eigenvalue weighted by atomic mass is 9.95. The van der Waals surface area contributed by atoms with E-state index in [1.165, 1.54) is 34.1 Å². The third-order valence-electron chi connectivity index (χ3n) is 6.05. The van der Waals surface area contributed by atoms with E-state index in [4.69, 9.17) is 4.74 Å². The summed E-state index contributed by atoms with van der Waals surface area (Å²) in [6.45, 7) is 2.61. The Kier molecular flexibility index (Phi) is 8.39. The second-order valence-electron chi connectivity index (χ2n) is 8.65. The zero-order chi connectivity index (χ0) is 27.4. The number of hydrogen-bond acceptors (Lipinski definition) is 9. The van der Waals surface area contributed by atoms with Crippen LogP contribution in [0.4, 0.5) is 9.52 Å². The Hall–Kier alpha value is -3.54. The van der Waals surface area contributed by atoms with Gasteiger partial charge < -0.3 is 9.84 Å². The first-order valence-electron chi connectivity index (χ1n) is 12.2. The number of rotatable bonds is 11. The number of thiophene rings is 1. The average molecular weight is 582 g/mol.